The Labute approximate surface area is 181 Å². The summed E-state index contributed by atoms with van der Waals surface area (Å²) in [6, 6.07) is 22.2. The molecule has 0 radical (unpaired) electrons. The molecule has 0 heterocycles. The maximum Gasteiger partial charge on any atom is 0.408 e. The highest BCUT2D eigenvalue weighted by molar-refractivity contribution is 5.82. The van der Waals surface area contributed by atoms with Crippen LogP contribution in [0.1, 0.15) is 54.0 Å². The molecule has 2 N–H and O–H groups in total. The lowest BCUT2D eigenvalue weighted by Crippen LogP contribution is -2.34. The van der Waals surface area contributed by atoms with Gasteiger partial charge in [0, 0.05) is 5.92 Å². The highest BCUT2D eigenvalue weighted by Gasteiger charge is 2.30. The quantitative estimate of drug-likeness (QED) is 0.559. The van der Waals surface area contributed by atoms with Gasteiger partial charge in [0.05, 0.1) is 0 Å². The number of carboxylic acid groups (broad SMARTS) is 1. The van der Waals surface area contributed by atoms with Crippen molar-refractivity contribution in [3.8, 4) is 11.1 Å². The number of rotatable bonds is 6. The van der Waals surface area contributed by atoms with Gasteiger partial charge in [-0.05, 0) is 39.3 Å². The number of carbonyl (C=O) groups is 2. The van der Waals surface area contributed by atoms with Crippen molar-refractivity contribution < 1.29 is 19.4 Å². The van der Waals surface area contributed by atoms with E-state index < -0.39 is 18.1 Å². The molecular weight excluding hydrogens is 390 g/mol. The standard InChI is InChI=1S/C26H25NO4/c1-16(2)17-11-13-18(14-12-17)24(25(28)29)27-26(30)31-15-23-21-9-5-3-7-19(21)20-8-4-6-10-22(20)23/h3-14,16,23-24H,15H2,1-2H3,(H,27,30)(H,28,29)/t24-/m0/s1. The van der Waals surface area contributed by atoms with Crippen LogP contribution in [0.4, 0.5) is 4.79 Å². The first-order valence-electron chi connectivity index (χ1n) is 10.4. The molecule has 3 aromatic carbocycles. The average molecular weight is 415 g/mol. The van der Waals surface area contributed by atoms with E-state index in [0.29, 0.717) is 11.5 Å². The minimum Gasteiger partial charge on any atom is -0.479 e. The summed E-state index contributed by atoms with van der Waals surface area (Å²) in [7, 11) is 0. The summed E-state index contributed by atoms with van der Waals surface area (Å²) in [6.07, 6.45) is -0.748. The van der Waals surface area contributed by atoms with Crippen molar-refractivity contribution in [1.82, 2.24) is 5.32 Å². The molecule has 0 fully saturated rings. The number of ether oxygens (including phenoxy) is 1. The van der Waals surface area contributed by atoms with Gasteiger partial charge in [0.2, 0.25) is 0 Å². The molecule has 0 aromatic heterocycles. The number of hydrogen-bond donors (Lipinski definition) is 2. The van der Waals surface area contributed by atoms with Gasteiger partial charge in [0.15, 0.2) is 6.04 Å². The molecule has 0 aliphatic heterocycles. The monoisotopic (exact) mass is 415 g/mol. The van der Waals surface area contributed by atoms with Gasteiger partial charge >= 0.3 is 12.1 Å². The number of alkyl carbamates (subject to hydrolysis) is 1. The van der Waals surface area contributed by atoms with Crippen LogP contribution in [0, 0.1) is 0 Å². The fourth-order valence-corrected chi connectivity index (χ4v) is 4.12. The Morgan fingerprint density at radius 2 is 1.39 bits per heavy atom. The van der Waals surface area contributed by atoms with E-state index in [1.165, 1.54) is 0 Å². The van der Waals surface area contributed by atoms with E-state index in [1.54, 1.807) is 12.1 Å². The summed E-state index contributed by atoms with van der Waals surface area (Å²) in [5.41, 5.74) is 6.10. The second kappa shape index (κ2) is 8.64. The largest absolute Gasteiger partial charge is 0.479 e. The van der Waals surface area contributed by atoms with Crippen molar-refractivity contribution in [2.75, 3.05) is 6.61 Å². The fourth-order valence-electron chi connectivity index (χ4n) is 4.12. The SMILES string of the molecule is CC(C)c1ccc([C@H](NC(=O)OCC2c3ccccc3-c3ccccc32)C(=O)O)cc1. The van der Waals surface area contributed by atoms with Gasteiger partial charge in [0.1, 0.15) is 6.61 Å². The molecule has 4 rings (SSSR count). The van der Waals surface area contributed by atoms with E-state index in [1.807, 2.05) is 48.5 Å². The van der Waals surface area contributed by atoms with Gasteiger partial charge in [-0.3, -0.25) is 0 Å². The topological polar surface area (TPSA) is 75.6 Å². The van der Waals surface area contributed by atoms with Crippen LogP contribution in [0.25, 0.3) is 11.1 Å². The van der Waals surface area contributed by atoms with Gasteiger partial charge in [-0.25, -0.2) is 9.59 Å². The highest BCUT2D eigenvalue weighted by Crippen LogP contribution is 2.44. The highest BCUT2D eigenvalue weighted by atomic mass is 16.5. The molecule has 1 atom stereocenters. The summed E-state index contributed by atoms with van der Waals surface area (Å²) in [4.78, 5) is 24.3. The molecule has 1 amide bonds. The molecule has 31 heavy (non-hydrogen) atoms. The second-order valence-electron chi connectivity index (χ2n) is 8.06. The minimum absolute atomic E-state index is 0.0771. The number of carboxylic acids is 1. The number of nitrogens with one attached hydrogen (secondary N) is 1. The normalized spacial score (nSPS) is 13.4. The molecule has 1 aliphatic carbocycles. The molecule has 0 spiro atoms. The zero-order chi connectivity index (χ0) is 22.0. The number of carbonyl (C=O) groups excluding carboxylic acids is 1. The van der Waals surface area contributed by atoms with Crippen molar-refractivity contribution in [1.29, 1.82) is 0 Å². The van der Waals surface area contributed by atoms with Crippen LogP contribution in [0.3, 0.4) is 0 Å². The molecule has 0 saturated heterocycles. The Hall–Kier alpha value is -3.60. The number of fused-ring (bicyclic) bond motifs is 3. The molecule has 0 bridgehead atoms. The molecule has 158 valence electrons. The Bertz CT molecular complexity index is 1060. The summed E-state index contributed by atoms with van der Waals surface area (Å²) < 4.78 is 5.49. The van der Waals surface area contributed by atoms with Gasteiger partial charge in [-0.2, -0.15) is 0 Å². The van der Waals surface area contributed by atoms with Crippen molar-refractivity contribution in [2.45, 2.75) is 31.7 Å². The van der Waals surface area contributed by atoms with Crippen LogP contribution in [0.2, 0.25) is 0 Å². The molecule has 5 heteroatoms. The molecule has 1 aliphatic rings. The van der Waals surface area contributed by atoms with Gasteiger partial charge in [-0.1, -0.05) is 86.6 Å². The average Bonchev–Trinajstić information content (AvgIpc) is 3.10. The summed E-state index contributed by atoms with van der Waals surface area (Å²) in [6.45, 7) is 4.27. The maximum absolute atomic E-state index is 12.5. The van der Waals surface area contributed by atoms with Gasteiger partial charge in [-0.15, -0.1) is 0 Å². The van der Waals surface area contributed by atoms with Crippen molar-refractivity contribution in [3.05, 3.63) is 95.1 Å². The van der Waals surface area contributed by atoms with E-state index >= 15 is 0 Å². The van der Waals surface area contributed by atoms with Crippen LogP contribution < -0.4 is 5.32 Å². The smallest absolute Gasteiger partial charge is 0.408 e. The molecule has 0 saturated carbocycles. The first kappa shape index (κ1) is 20.7. The lowest BCUT2D eigenvalue weighted by atomic mass is 9.98. The summed E-state index contributed by atoms with van der Waals surface area (Å²) >= 11 is 0. The maximum atomic E-state index is 12.5. The lowest BCUT2D eigenvalue weighted by molar-refractivity contribution is -0.139. The number of hydrogen-bond acceptors (Lipinski definition) is 3. The Kier molecular flexibility index (Phi) is 5.76. The predicted molar refractivity (Wildman–Crippen MR) is 119 cm³/mol. The van der Waals surface area contributed by atoms with Crippen LogP contribution in [-0.2, 0) is 9.53 Å². The third-order valence-electron chi connectivity index (χ3n) is 5.79. The third-order valence-corrected chi connectivity index (χ3v) is 5.79. The first-order chi connectivity index (χ1) is 15.0. The zero-order valence-corrected chi connectivity index (χ0v) is 17.5. The number of aliphatic carboxylic acids is 1. The first-order valence-corrected chi connectivity index (χ1v) is 10.4. The molecule has 0 unspecified atom stereocenters. The number of amides is 1. The minimum atomic E-state index is -1.17. The van der Waals surface area contributed by atoms with Gasteiger partial charge < -0.3 is 15.2 Å². The zero-order valence-electron chi connectivity index (χ0n) is 17.5. The van der Waals surface area contributed by atoms with Gasteiger partial charge in [0.25, 0.3) is 0 Å². The van der Waals surface area contributed by atoms with Crippen molar-refractivity contribution in [3.63, 3.8) is 0 Å². The Morgan fingerprint density at radius 1 is 0.871 bits per heavy atom. The van der Waals surface area contributed by atoms with E-state index in [9.17, 15) is 14.7 Å². The van der Waals surface area contributed by atoms with Crippen LogP contribution in [0.5, 0.6) is 0 Å². The molecule has 3 aromatic rings. The van der Waals surface area contributed by atoms with Crippen molar-refractivity contribution in [2.24, 2.45) is 0 Å². The Morgan fingerprint density at radius 3 is 1.90 bits per heavy atom. The third kappa shape index (κ3) is 4.17. The summed E-state index contributed by atoms with van der Waals surface area (Å²) in [5.74, 6) is -0.870. The number of benzene rings is 3. The summed E-state index contributed by atoms with van der Waals surface area (Å²) in [5, 5.41) is 12.1. The fraction of sp³-hybridized carbons (Fsp3) is 0.231. The molecule has 5 nitrogen and oxygen atoms in total. The van der Waals surface area contributed by atoms with Crippen LogP contribution in [-0.4, -0.2) is 23.8 Å². The van der Waals surface area contributed by atoms with Crippen molar-refractivity contribution >= 4 is 12.1 Å². The lowest BCUT2D eigenvalue weighted by Gasteiger charge is -2.18. The Balaban J connectivity index is 1.46. The van der Waals surface area contributed by atoms with E-state index in [0.717, 1.165) is 27.8 Å². The van der Waals surface area contributed by atoms with Crippen LogP contribution >= 0.6 is 0 Å². The van der Waals surface area contributed by atoms with E-state index in [4.69, 9.17) is 4.74 Å². The second-order valence-corrected chi connectivity index (χ2v) is 8.06. The van der Waals surface area contributed by atoms with Crippen LogP contribution in [0.15, 0.2) is 72.8 Å². The molecular formula is C26H25NO4. The van der Waals surface area contributed by atoms with E-state index in [-0.39, 0.29) is 12.5 Å². The predicted octanol–water partition coefficient (Wildman–Crippen LogP) is 5.47. The van der Waals surface area contributed by atoms with E-state index in [2.05, 4.69) is 31.3 Å².